The fraction of sp³-hybridized carbons (Fsp3) is 0.438. The molecule has 7 nitrogen and oxygen atoms in total. The van der Waals surface area contributed by atoms with Crippen molar-refractivity contribution in [3.63, 3.8) is 0 Å². The summed E-state index contributed by atoms with van der Waals surface area (Å²) in [5.41, 5.74) is 0.300. The predicted octanol–water partition coefficient (Wildman–Crippen LogP) is 0.957. The lowest BCUT2D eigenvalue weighted by Gasteiger charge is -2.18. The third-order valence-electron chi connectivity index (χ3n) is 4.00. The first-order valence-corrected chi connectivity index (χ1v) is 7.38. The molecule has 0 radical (unpaired) electrons. The van der Waals surface area contributed by atoms with Gasteiger partial charge in [0.2, 0.25) is 5.91 Å². The molecular formula is C16H21N3O4. The minimum atomic E-state index is -0.906. The van der Waals surface area contributed by atoms with Gasteiger partial charge in [-0.2, -0.15) is 0 Å². The van der Waals surface area contributed by atoms with Crippen LogP contribution in [0.25, 0.3) is 11.0 Å². The number of imidazole rings is 1. The standard InChI is InChI=1S/C16H21N3O4/c1-16(2,14(21)22)8-9-17-13(20)10-19-12-7-5-4-6-11(12)18(3)15(19)23/h4-7H,8-10H2,1-3H3,(H,17,20)(H,21,22). The zero-order valence-corrected chi connectivity index (χ0v) is 13.5. The number of aliphatic carboxylic acids is 1. The van der Waals surface area contributed by atoms with Crippen LogP contribution in [0.5, 0.6) is 0 Å². The predicted molar refractivity (Wildman–Crippen MR) is 86.2 cm³/mol. The Bertz CT molecular complexity index is 801. The minimum absolute atomic E-state index is 0.0896. The van der Waals surface area contributed by atoms with Crippen LogP contribution in [-0.4, -0.2) is 32.7 Å². The third kappa shape index (κ3) is 3.44. The fourth-order valence-corrected chi connectivity index (χ4v) is 2.34. The summed E-state index contributed by atoms with van der Waals surface area (Å²) in [7, 11) is 1.66. The number of carbonyl (C=O) groups excluding carboxylic acids is 1. The van der Waals surface area contributed by atoms with Gasteiger partial charge in [0.05, 0.1) is 16.4 Å². The van der Waals surface area contributed by atoms with Crippen molar-refractivity contribution >= 4 is 22.9 Å². The van der Waals surface area contributed by atoms with Crippen LogP contribution in [0.2, 0.25) is 0 Å². The Balaban J connectivity index is 2.06. The van der Waals surface area contributed by atoms with Crippen LogP contribution in [0.4, 0.5) is 0 Å². The van der Waals surface area contributed by atoms with E-state index in [0.29, 0.717) is 11.9 Å². The zero-order chi connectivity index (χ0) is 17.2. The van der Waals surface area contributed by atoms with E-state index in [-0.39, 0.29) is 24.7 Å². The Hall–Kier alpha value is -2.57. The molecule has 0 aliphatic carbocycles. The SMILES string of the molecule is Cn1c(=O)n(CC(=O)NCCC(C)(C)C(=O)O)c2ccccc21. The highest BCUT2D eigenvalue weighted by Crippen LogP contribution is 2.19. The van der Waals surface area contributed by atoms with E-state index in [2.05, 4.69) is 5.32 Å². The summed E-state index contributed by atoms with van der Waals surface area (Å²) in [6.45, 7) is 3.37. The van der Waals surface area contributed by atoms with Crippen molar-refractivity contribution in [3.05, 3.63) is 34.7 Å². The van der Waals surface area contributed by atoms with E-state index >= 15 is 0 Å². The van der Waals surface area contributed by atoms with Gasteiger partial charge in [0.15, 0.2) is 0 Å². The molecule has 0 fully saturated rings. The van der Waals surface area contributed by atoms with Crippen LogP contribution in [0.1, 0.15) is 20.3 Å². The first-order chi connectivity index (χ1) is 10.7. The number of benzene rings is 1. The number of amides is 1. The lowest BCUT2D eigenvalue weighted by Crippen LogP contribution is -2.35. The smallest absolute Gasteiger partial charge is 0.329 e. The third-order valence-corrected chi connectivity index (χ3v) is 4.00. The van der Waals surface area contributed by atoms with Gasteiger partial charge in [-0.3, -0.25) is 18.7 Å². The first-order valence-electron chi connectivity index (χ1n) is 7.38. The maximum atomic E-state index is 12.2. The number of carboxylic acids is 1. The number of aryl methyl sites for hydroxylation is 1. The number of para-hydroxylation sites is 2. The Morgan fingerprint density at radius 1 is 1.22 bits per heavy atom. The summed E-state index contributed by atoms with van der Waals surface area (Å²) in [4.78, 5) is 35.3. The average Bonchev–Trinajstić information content (AvgIpc) is 2.72. The molecule has 0 bridgehead atoms. The van der Waals surface area contributed by atoms with Crippen molar-refractivity contribution in [2.45, 2.75) is 26.8 Å². The Morgan fingerprint density at radius 3 is 2.43 bits per heavy atom. The summed E-state index contributed by atoms with van der Waals surface area (Å²) in [5.74, 6) is -1.22. The summed E-state index contributed by atoms with van der Waals surface area (Å²) in [5, 5.41) is 11.7. The molecule has 1 aromatic carbocycles. The lowest BCUT2D eigenvalue weighted by molar-refractivity contribution is -0.147. The zero-order valence-electron chi connectivity index (χ0n) is 13.5. The molecule has 0 atom stereocenters. The van der Waals surface area contributed by atoms with Gasteiger partial charge in [0, 0.05) is 13.6 Å². The molecule has 0 unspecified atom stereocenters. The van der Waals surface area contributed by atoms with Crippen molar-refractivity contribution in [3.8, 4) is 0 Å². The molecule has 0 aliphatic heterocycles. The highest BCUT2D eigenvalue weighted by atomic mass is 16.4. The van der Waals surface area contributed by atoms with Gasteiger partial charge < -0.3 is 10.4 Å². The molecule has 1 aromatic heterocycles. The van der Waals surface area contributed by atoms with Gasteiger partial charge in [-0.15, -0.1) is 0 Å². The number of aromatic nitrogens is 2. The molecule has 0 saturated carbocycles. The second-order valence-corrected chi connectivity index (χ2v) is 6.21. The summed E-state index contributed by atoms with van der Waals surface area (Å²) < 4.78 is 2.91. The molecular weight excluding hydrogens is 298 g/mol. The number of rotatable bonds is 6. The van der Waals surface area contributed by atoms with E-state index in [4.69, 9.17) is 5.11 Å². The highest BCUT2D eigenvalue weighted by molar-refractivity contribution is 5.81. The number of hydrogen-bond acceptors (Lipinski definition) is 3. The second kappa shape index (κ2) is 6.28. The number of carbonyl (C=O) groups is 2. The van der Waals surface area contributed by atoms with Crippen LogP contribution in [0.15, 0.2) is 29.1 Å². The van der Waals surface area contributed by atoms with Gasteiger partial charge in [0.25, 0.3) is 0 Å². The molecule has 0 spiro atoms. The van der Waals surface area contributed by atoms with Crippen molar-refractivity contribution in [1.29, 1.82) is 0 Å². The number of carboxylic acid groups (broad SMARTS) is 1. The van der Waals surface area contributed by atoms with E-state index in [1.54, 1.807) is 27.0 Å². The monoisotopic (exact) mass is 319 g/mol. The van der Waals surface area contributed by atoms with E-state index < -0.39 is 11.4 Å². The van der Waals surface area contributed by atoms with Gasteiger partial charge in [-0.1, -0.05) is 12.1 Å². The Labute approximate surface area is 133 Å². The van der Waals surface area contributed by atoms with Crippen LogP contribution >= 0.6 is 0 Å². The quantitative estimate of drug-likeness (QED) is 0.829. The van der Waals surface area contributed by atoms with E-state index in [1.807, 2.05) is 18.2 Å². The minimum Gasteiger partial charge on any atom is -0.481 e. The normalized spacial score (nSPS) is 11.6. The Morgan fingerprint density at radius 2 is 1.83 bits per heavy atom. The molecule has 0 saturated heterocycles. The van der Waals surface area contributed by atoms with Crippen molar-refractivity contribution < 1.29 is 14.7 Å². The van der Waals surface area contributed by atoms with Crippen LogP contribution < -0.4 is 11.0 Å². The summed E-state index contributed by atoms with van der Waals surface area (Å²) >= 11 is 0. The summed E-state index contributed by atoms with van der Waals surface area (Å²) in [6.07, 6.45) is 0.318. The van der Waals surface area contributed by atoms with Crippen molar-refractivity contribution in [2.24, 2.45) is 12.5 Å². The molecule has 7 heteroatoms. The maximum absolute atomic E-state index is 12.2. The van der Waals surface area contributed by atoms with Gasteiger partial charge in [0.1, 0.15) is 6.54 Å². The van der Waals surface area contributed by atoms with Gasteiger partial charge in [-0.25, -0.2) is 4.79 Å². The number of fused-ring (bicyclic) bond motifs is 1. The molecule has 124 valence electrons. The molecule has 23 heavy (non-hydrogen) atoms. The molecule has 1 heterocycles. The fourth-order valence-electron chi connectivity index (χ4n) is 2.34. The molecule has 1 amide bonds. The van der Waals surface area contributed by atoms with E-state index in [9.17, 15) is 14.4 Å². The van der Waals surface area contributed by atoms with E-state index in [0.717, 1.165) is 5.52 Å². The van der Waals surface area contributed by atoms with Crippen LogP contribution in [0, 0.1) is 5.41 Å². The molecule has 2 N–H and O–H groups in total. The molecule has 0 aliphatic rings. The summed E-state index contributed by atoms with van der Waals surface area (Å²) in [6, 6.07) is 7.25. The second-order valence-electron chi connectivity index (χ2n) is 6.21. The number of nitrogens with zero attached hydrogens (tertiary/aromatic N) is 2. The van der Waals surface area contributed by atoms with Gasteiger partial charge in [-0.05, 0) is 32.4 Å². The van der Waals surface area contributed by atoms with Crippen LogP contribution in [0.3, 0.4) is 0 Å². The number of nitrogens with one attached hydrogen (secondary N) is 1. The highest BCUT2D eigenvalue weighted by Gasteiger charge is 2.26. The van der Waals surface area contributed by atoms with Gasteiger partial charge >= 0.3 is 11.7 Å². The van der Waals surface area contributed by atoms with Crippen molar-refractivity contribution in [2.75, 3.05) is 6.54 Å². The first kappa shape index (κ1) is 16.8. The van der Waals surface area contributed by atoms with E-state index in [1.165, 1.54) is 9.13 Å². The lowest BCUT2D eigenvalue weighted by atomic mass is 9.90. The topological polar surface area (TPSA) is 93.3 Å². The number of hydrogen-bond donors (Lipinski definition) is 2. The van der Waals surface area contributed by atoms with Crippen molar-refractivity contribution in [1.82, 2.24) is 14.5 Å². The van der Waals surface area contributed by atoms with Crippen LogP contribution in [-0.2, 0) is 23.2 Å². The molecule has 2 aromatic rings. The Kier molecular flexibility index (Phi) is 4.58. The average molecular weight is 319 g/mol. The maximum Gasteiger partial charge on any atom is 0.329 e. The molecule has 2 rings (SSSR count). The largest absolute Gasteiger partial charge is 0.481 e.